The Bertz CT molecular complexity index is 701. The first-order chi connectivity index (χ1) is 10.4. The summed E-state index contributed by atoms with van der Waals surface area (Å²) >= 11 is 0. The Kier molecular flexibility index (Phi) is 3.94. The van der Waals surface area contributed by atoms with Crippen LogP contribution in [0.3, 0.4) is 0 Å². The Morgan fingerprint density at radius 3 is 2.50 bits per heavy atom. The van der Waals surface area contributed by atoms with Crippen molar-refractivity contribution in [1.29, 1.82) is 0 Å². The Morgan fingerprint density at radius 2 is 1.82 bits per heavy atom. The van der Waals surface area contributed by atoms with Gasteiger partial charge in [-0.1, -0.05) is 51.5 Å². The fraction of sp³-hybridized carbons (Fsp3) is 0.556. The number of benzene rings is 1. The van der Waals surface area contributed by atoms with Gasteiger partial charge in [0.2, 0.25) is 0 Å². The molecule has 1 aromatic heterocycles. The Hall–Kier alpha value is -1.84. The summed E-state index contributed by atoms with van der Waals surface area (Å²) in [5.41, 5.74) is 2.63. The van der Waals surface area contributed by atoms with Gasteiger partial charge >= 0.3 is 5.69 Å². The smallest absolute Gasteiger partial charge is 0.279 e. The van der Waals surface area contributed by atoms with E-state index in [1.165, 1.54) is 12.0 Å². The molecular weight excluding hydrogens is 274 g/mol. The van der Waals surface area contributed by atoms with Gasteiger partial charge in [0.1, 0.15) is 5.82 Å². The van der Waals surface area contributed by atoms with Gasteiger partial charge in [0.15, 0.2) is 0 Å². The lowest BCUT2D eigenvalue weighted by molar-refractivity contribution is 0.581. The van der Waals surface area contributed by atoms with Crippen LogP contribution in [0.4, 0.5) is 0 Å². The molecule has 0 saturated carbocycles. The second-order valence-corrected chi connectivity index (χ2v) is 7.27. The molecule has 3 rings (SSSR count). The Labute approximate surface area is 131 Å². The molecule has 2 heterocycles. The standard InChI is InChI=1S/C18H25N3O/c1-18(2,3)15-10-8-14(9-11-15)13-21-17(22)20-12-6-4-5-7-16(20)19-21/h8-11H,4-7,12-13H2,1-3H3. The maximum absolute atomic E-state index is 12.5. The maximum Gasteiger partial charge on any atom is 0.346 e. The molecule has 0 bridgehead atoms. The van der Waals surface area contributed by atoms with Crippen molar-refractivity contribution in [2.24, 2.45) is 0 Å². The molecule has 2 aromatic rings. The van der Waals surface area contributed by atoms with Crippen LogP contribution in [0.1, 0.15) is 57.0 Å². The van der Waals surface area contributed by atoms with E-state index in [0.717, 1.165) is 37.2 Å². The van der Waals surface area contributed by atoms with Crippen LogP contribution in [0, 0.1) is 0 Å². The van der Waals surface area contributed by atoms with Gasteiger partial charge in [-0.3, -0.25) is 4.57 Å². The molecule has 4 heteroatoms. The predicted molar refractivity (Wildman–Crippen MR) is 88.3 cm³/mol. The van der Waals surface area contributed by atoms with Gasteiger partial charge in [-0.15, -0.1) is 0 Å². The third kappa shape index (κ3) is 3.01. The molecule has 0 saturated heterocycles. The molecule has 0 N–H and O–H groups in total. The van der Waals surface area contributed by atoms with Crippen molar-refractivity contribution in [2.75, 3.05) is 0 Å². The van der Waals surface area contributed by atoms with E-state index in [2.05, 4.69) is 50.1 Å². The molecule has 0 radical (unpaired) electrons. The zero-order valence-electron chi connectivity index (χ0n) is 13.8. The highest BCUT2D eigenvalue weighted by Crippen LogP contribution is 2.22. The first-order valence-corrected chi connectivity index (χ1v) is 8.21. The predicted octanol–water partition coefficient (Wildman–Crippen LogP) is 3.12. The molecule has 1 aliphatic heterocycles. The number of nitrogens with zero attached hydrogens (tertiary/aromatic N) is 3. The van der Waals surface area contributed by atoms with Crippen LogP contribution < -0.4 is 5.69 Å². The first-order valence-electron chi connectivity index (χ1n) is 8.21. The molecular formula is C18H25N3O. The number of aromatic nitrogens is 3. The number of hydrogen-bond donors (Lipinski definition) is 0. The molecule has 1 aliphatic rings. The Balaban J connectivity index is 1.83. The summed E-state index contributed by atoms with van der Waals surface area (Å²) in [6.07, 6.45) is 4.33. The van der Waals surface area contributed by atoms with E-state index < -0.39 is 0 Å². The second-order valence-electron chi connectivity index (χ2n) is 7.27. The average Bonchev–Trinajstić information content (AvgIpc) is 2.65. The van der Waals surface area contributed by atoms with Crippen LogP contribution in [0.5, 0.6) is 0 Å². The second kappa shape index (κ2) is 5.75. The lowest BCUT2D eigenvalue weighted by Crippen LogP contribution is -2.25. The summed E-state index contributed by atoms with van der Waals surface area (Å²) in [6, 6.07) is 8.53. The minimum atomic E-state index is 0.0387. The van der Waals surface area contributed by atoms with E-state index in [1.807, 2.05) is 4.57 Å². The van der Waals surface area contributed by atoms with Crippen LogP contribution in [-0.2, 0) is 24.9 Å². The fourth-order valence-electron chi connectivity index (χ4n) is 3.01. The number of hydrogen-bond acceptors (Lipinski definition) is 2. The summed E-state index contributed by atoms with van der Waals surface area (Å²) < 4.78 is 3.48. The molecule has 0 fully saturated rings. The minimum absolute atomic E-state index is 0.0387. The summed E-state index contributed by atoms with van der Waals surface area (Å²) in [5.74, 6) is 0.953. The zero-order chi connectivity index (χ0) is 15.7. The van der Waals surface area contributed by atoms with E-state index >= 15 is 0 Å². The molecule has 0 amide bonds. The number of rotatable bonds is 2. The van der Waals surface area contributed by atoms with Crippen molar-refractivity contribution >= 4 is 0 Å². The highest BCUT2D eigenvalue weighted by molar-refractivity contribution is 5.27. The third-order valence-electron chi connectivity index (χ3n) is 4.43. The van der Waals surface area contributed by atoms with Crippen molar-refractivity contribution in [3.05, 3.63) is 51.7 Å². The maximum atomic E-state index is 12.5. The van der Waals surface area contributed by atoms with Crippen LogP contribution in [0.15, 0.2) is 29.1 Å². The van der Waals surface area contributed by atoms with Gasteiger partial charge in [-0.2, -0.15) is 5.10 Å². The molecule has 118 valence electrons. The Morgan fingerprint density at radius 1 is 1.09 bits per heavy atom. The van der Waals surface area contributed by atoms with Crippen LogP contribution in [-0.4, -0.2) is 14.3 Å². The SMILES string of the molecule is CC(C)(C)c1ccc(Cn2nc3n(c2=O)CCCCC3)cc1. The van der Waals surface area contributed by atoms with Crippen molar-refractivity contribution in [3.63, 3.8) is 0 Å². The van der Waals surface area contributed by atoms with Crippen LogP contribution in [0.2, 0.25) is 0 Å². The highest BCUT2D eigenvalue weighted by Gasteiger charge is 2.16. The first kappa shape index (κ1) is 15.1. The summed E-state index contributed by atoms with van der Waals surface area (Å²) in [7, 11) is 0. The van der Waals surface area contributed by atoms with Gasteiger partial charge in [-0.05, 0) is 29.4 Å². The molecule has 0 spiro atoms. The minimum Gasteiger partial charge on any atom is -0.279 e. The monoisotopic (exact) mass is 299 g/mol. The van der Waals surface area contributed by atoms with Crippen LogP contribution in [0.25, 0.3) is 0 Å². The summed E-state index contributed by atoms with van der Waals surface area (Å²) in [4.78, 5) is 12.5. The van der Waals surface area contributed by atoms with Crippen molar-refractivity contribution in [1.82, 2.24) is 14.3 Å². The van der Waals surface area contributed by atoms with E-state index in [9.17, 15) is 4.79 Å². The van der Waals surface area contributed by atoms with Gasteiger partial charge in [-0.25, -0.2) is 9.48 Å². The van der Waals surface area contributed by atoms with Gasteiger partial charge in [0.25, 0.3) is 0 Å². The number of fused-ring (bicyclic) bond motifs is 1. The van der Waals surface area contributed by atoms with Crippen molar-refractivity contribution in [3.8, 4) is 0 Å². The molecule has 1 aromatic carbocycles. The highest BCUT2D eigenvalue weighted by atomic mass is 16.2. The summed E-state index contributed by atoms with van der Waals surface area (Å²) in [6.45, 7) is 8.00. The lowest BCUT2D eigenvalue weighted by atomic mass is 9.87. The molecule has 0 atom stereocenters. The largest absolute Gasteiger partial charge is 0.346 e. The van der Waals surface area contributed by atoms with Crippen LogP contribution >= 0.6 is 0 Å². The van der Waals surface area contributed by atoms with E-state index in [0.29, 0.717) is 6.54 Å². The molecule has 4 nitrogen and oxygen atoms in total. The van der Waals surface area contributed by atoms with Crippen molar-refractivity contribution in [2.45, 2.75) is 65.0 Å². The average molecular weight is 299 g/mol. The summed E-state index contributed by atoms with van der Waals surface area (Å²) in [5, 5.41) is 4.54. The van der Waals surface area contributed by atoms with Gasteiger partial charge in [0.05, 0.1) is 6.54 Å². The normalized spacial score (nSPS) is 15.4. The van der Waals surface area contributed by atoms with E-state index in [-0.39, 0.29) is 11.1 Å². The zero-order valence-corrected chi connectivity index (χ0v) is 13.8. The molecule has 0 unspecified atom stereocenters. The van der Waals surface area contributed by atoms with E-state index in [1.54, 1.807) is 4.68 Å². The fourth-order valence-corrected chi connectivity index (χ4v) is 3.01. The number of aryl methyl sites for hydroxylation is 1. The topological polar surface area (TPSA) is 39.8 Å². The quantitative estimate of drug-likeness (QED) is 0.855. The lowest BCUT2D eigenvalue weighted by Gasteiger charge is -2.19. The molecule has 0 aliphatic carbocycles. The van der Waals surface area contributed by atoms with Gasteiger partial charge < -0.3 is 0 Å². The molecule has 22 heavy (non-hydrogen) atoms. The third-order valence-corrected chi connectivity index (χ3v) is 4.43. The van der Waals surface area contributed by atoms with E-state index in [4.69, 9.17) is 0 Å². The van der Waals surface area contributed by atoms with Crippen molar-refractivity contribution < 1.29 is 0 Å². The van der Waals surface area contributed by atoms with Gasteiger partial charge in [0, 0.05) is 13.0 Å².